The third kappa shape index (κ3) is 3.52. The zero-order valence-electron chi connectivity index (χ0n) is 10.8. The average molecular weight is 355 g/mol. The van der Waals surface area contributed by atoms with Crippen LogP contribution >= 0.6 is 27.5 Å². The van der Waals surface area contributed by atoms with Crippen LogP contribution in [0.1, 0.15) is 11.6 Å². The molecular formula is C15H13BrClNO2. The quantitative estimate of drug-likeness (QED) is 0.826. The van der Waals surface area contributed by atoms with Crippen molar-refractivity contribution in [2.24, 2.45) is 0 Å². The summed E-state index contributed by atoms with van der Waals surface area (Å²) >= 11 is 9.32. The number of esters is 1. The lowest BCUT2D eigenvalue weighted by Crippen LogP contribution is -2.22. The average Bonchev–Trinajstić information content (AvgIpc) is 2.47. The number of hydrogen-bond donors (Lipinski definition) is 1. The van der Waals surface area contributed by atoms with Crippen molar-refractivity contribution >= 4 is 39.2 Å². The first-order valence-corrected chi connectivity index (χ1v) is 7.13. The van der Waals surface area contributed by atoms with Crippen LogP contribution in [0.3, 0.4) is 0 Å². The van der Waals surface area contributed by atoms with E-state index in [1.807, 2.05) is 24.3 Å². The van der Waals surface area contributed by atoms with Crippen LogP contribution in [-0.2, 0) is 9.53 Å². The van der Waals surface area contributed by atoms with Crippen LogP contribution in [0.5, 0.6) is 0 Å². The molecule has 104 valence electrons. The molecule has 1 unspecified atom stereocenters. The second-order valence-corrected chi connectivity index (χ2v) is 5.42. The van der Waals surface area contributed by atoms with Crippen LogP contribution in [0.25, 0.3) is 0 Å². The van der Waals surface area contributed by atoms with Crippen molar-refractivity contribution in [1.29, 1.82) is 0 Å². The van der Waals surface area contributed by atoms with Crippen LogP contribution < -0.4 is 5.32 Å². The molecule has 0 aliphatic heterocycles. The highest BCUT2D eigenvalue weighted by atomic mass is 79.9. The molecule has 1 atom stereocenters. The molecule has 0 aliphatic carbocycles. The summed E-state index contributed by atoms with van der Waals surface area (Å²) in [5.41, 5.74) is 1.61. The molecule has 0 saturated heterocycles. The number of carbonyl (C=O) groups excluding carboxylic acids is 1. The number of methoxy groups -OCH3 is 1. The third-order valence-electron chi connectivity index (χ3n) is 2.81. The Kier molecular flexibility index (Phi) is 5.04. The molecule has 0 spiro atoms. The zero-order chi connectivity index (χ0) is 14.5. The Hall–Kier alpha value is -1.52. The molecule has 2 aromatic rings. The van der Waals surface area contributed by atoms with Crippen LogP contribution in [0.2, 0.25) is 5.02 Å². The van der Waals surface area contributed by atoms with Gasteiger partial charge in [-0.05, 0) is 45.8 Å². The number of anilines is 1. The van der Waals surface area contributed by atoms with Crippen LogP contribution in [0, 0.1) is 0 Å². The van der Waals surface area contributed by atoms with Gasteiger partial charge in [-0.2, -0.15) is 0 Å². The lowest BCUT2D eigenvalue weighted by molar-refractivity contribution is -0.141. The Labute approximate surface area is 131 Å². The van der Waals surface area contributed by atoms with Gasteiger partial charge in [0.1, 0.15) is 0 Å². The summed E-state index contributed by atoms with van der Waals surface area (Å²) in [4.78, 5) is 12.0. The number of hydrogen-bond acceptors (Lipinski definition) is 3. The Morgan fingerprint density at radius 2 is 1.85 bits per heavy atom. The van der Waals surface area contributed by atoms with Crippen LogP contribution in [-0.4, -0.2) is 13.1 Å². The van der Waals surface area contributed by atoms with E-state index in [4.69, 9.17) is 16.3 Å². The topological polar surface area (TPSA) is 38.3 Å². The maximum Gasteiger partial charge on any atom is 0.332 e. The van der Waals surface area contributed by atoms with Gasteiger partial charge in [0.2, 0.25) is 0 Å². The predicted molar refractivity (Wildman–Crippen MR) is 84.0 cm³/mol. The molecule has 20 heavy (non-hydrogen) atoms. The van der Waals surface area contributed by atoms with E-state index in [2.05, 4.69) is 21.2 Å². The second-order valence-electron chi connectivity index (χ2n) is 4.13. The molecule has 0 bridgehead atoms. The predicted octanol–water partition coefficient (Wildman–Crippen LogP) is 4.43. The SMILES string of the molecule is COC(=O)C(Nc1ccccc1Br)c1ccc(Cl)cc1. The standard InChI is InChI=1S/C15H13BrClNO2/c1-20-15(19)14(10-6-8-11(17)9-7-10)18-13-5-3-2-4-12(13)16/h2-9,14,18H,1H3. The monoisotopic (exact) mass is 353 g/mol. The number of ether oxygens (including phenoxy) is 1. The zero-order valence-corrected chi connectivity index (χ0v) is 13.1. The van der Waals surface area contributed by atoms with Gasteiger partial charge in [-0.1, -0.05) is 35.9 Å². The number of nitrogens with one attached hydrogen (secondary N) is 1. The van der Waals surface area contributed by atoms with Gasteiger partial charge in [0.15, 0.2) is 6.04 Å². The molecule has 0 saturated carbocycles. The lowest BCUT2D eigenvalue weighted by atomic mass is 10.1. The van der Waals surface area contributed by atoms with E-state index in [1.165, 1.54) is 7.11 Å². The van der Waals surface area contributed by atoms with Gasteiger partial charge in [0.25, 0.3) is 0 Å². The van der Waals surface area contributed by atoms with Crippen LogP contribution in [0.15, 0.2) is 53.0 Å². The van der Waals surface area contributed by atoms with Gasteiger partial charge in [-0.3, -0.25) is 0 Å². The van der Waals surface area contributed by atoms with Crippen molar-refractivity contribution in [1.82, 2.24) is 0 Å². The summed E-state index contributed by atoms with van der Waals surface area (Å²) in [6.07, 6.45) is 0. The van der Waals surface area contributed by atoms with Gasteiger partial charge >= 0.3 is 5.97 Å². The van der Waals surface area contributed by atoms with E-state index in [-0.39, 0.29) is 5.97 Å². The summed E-state index contributed by atoms with van der Waals surface area (Å²) in [6.45, 7) is 0. The number of benzene rings is 2. The van der Waals surface area contributed by atoms with Crippen molar-refractivity contribution in [3.63, 3.8) is 0 Å². The molecule has 5 heteroatoms. The van der Waals surface area contributed by atoms with Gasteiger partial charge in [0.05, 0.1) is 7.11 Å². The Morgan fingerprint density at radius 1 is 1.20 bits per heavy atom. The van der Waals surface area contributed by atoms with Gasteiger partial charge < -0.3 is 10.1 Å². The molecule has 0 aliphatic rings. The molecule has 0 heterocycles. The highest BCUT2D eigenvalue weighted by Gasteiger charge is 2.21. The molecule has 3 nitrogen and oxygen atoms in total. The van der Waals surface area contributed by atoms with E-state index in [9.17, 15) is 4.79 Å². The van der Waals surface area contributed by atoms with Crippen molar-refractivity contribution in [3.05, 3.63) is 63.6 Å². The number of halogens is 2. The van der Waals surface area contributed by atoms with Crippen LogP contribution in [0.4, 0.5) is 5.69 Å². The van der Waals surface area contributed by atoms with E-state index in [0.717, 1.165) is 15.7 Å². The second kappa shape index (κ2) is 6.77. The highest BCUT2D eigenvalue weighted by Crippen LogP contribution is 2.27. The van der Waals surface area contributed by atoms with Gasteiger partial charge in [-0.25, -0.2) is 4.79 Å². The summed E-state index contributed by atoms with van der Waals surface area (Å²) < 4.78 is 5.74. The minimum atomic E-state index is -0.587. The summed E-state index contributed by atoms with van der Waals surface area (Å²) in [6, 6.07) is 14.1. The number of carbonyl (C=O) groups is 1. The van der Waals surface area contributed by atoms with Crippen molar-refractivity contribution in [2.75, 3.05) is 12.4 Å². The lowest BCUT2D eigenvalue weighted by Gasteiger charge is -2.19. The van der Waals surface area contributed by atoms with E-state index in [1.54, 1.807) is 24.3 Å². The molecule has 0 aromatic heterocycles. The first-order valence-electron chi connectivity index (χ1n) is 5.96. The highest BCUT2D eigenvalue weighted by molar-refractivity contribution is 9.10. The van der Waals surface area contributed by atoms with Gasteiger partial charge in [-0.15, -0.1) is 0 Å². The fourth-order valence-electron chi connectivity index (χ4n) is 1.79. The Balaban J connectivity index is 2.31. The molecular weight excluding hydrogens is 342 g/mol. The maximum absolute atomic E-state index is 12.0. The fraction of sp³-hybridized carbons (Fsp3) is 0.133. The fourth-order valence-corrected chi connectivity index (χ4v) is 2.31. The molecule has 2 rings (SSSR count). The minimum Gasteiger partial charge on any atom is -0.467 e. The number of para-hydroxylation sites is 1. The largest absolute Gasteiger partial charge is 0.467 e. The summed E-state index contributed by atoms with van der Waals surface area (Å²) in [5.74, 6) is -0.358. The summed E-state index contributed by atoms with van der Waals surface area (Å²) in [7, 11) is 1.37. The molecule has 1 N–H and O–H groups in total. The van der Waals surface area contributed by atoms with E-state index in [0.29, 0.717) is 5.02 Å². The number of rotatable bonds is 4. The van der Waals surface area contributed by atoms with Gasteiger partial charge in [0, 0.05) is 15.2 Å². The minimum absolute atomic E-state index is 0.358. The normalized spacial score (nSPS) is 11.8. The third-order valence-corrected chi connectivity index (χ3v) is 3.76. The maximum atomic E-state index is 12.0. The smallest absolute Gasteiger partial charge is 0.332 e. The summed E-state index contributed by atoms with van der Waals surface area (Å²) in [5, 5.41) is 3.79. The van der Waals surface area contributed by atoms with Crippen molar-refractivity contribution < 1.29 is 9.53 Å². The van der Waals surface area contributed by atoms with Crippen molar-refractivity contribution in [3.8, 4) is 0 Å². The first kappa shape index (κ1) is 14.9. The van der Waals surface area contributed by atoms with E-state index >= 15 is 0 Å². The Morgan fingerprint density at radius 3 is 2.45 bits per heavy atom. The van der Waals surface area contributed by atoms with E-state index < -0.39 is 6.04 Å². The van der Waals surface area contributed by atoms with Crippen molar-refractivity contribution in [2.45, 2.75) is 6.04 Å². The molecule has 0 amide bonds. The Bertz CT molecular complexity index is 601. The first-order chi connectivity index (χ1) is 9.61. The molecule has 2 aromatic carbocycles. The molecule has 0 fully saturated rings. The molecule has 0 radical (unpaired) electrons.